The number of thioether (sulfide) groups is 1. The first-order valence-electron chi connectivity index (χ1n) is 8.38. The van der Waals surface area contributed by atoms with E-state index in [0.717, 1.165) is 25.2 Å². The summed E-state index contributed by atoms with van der Waals surface area (Å²) in [5.41, 5.74) is 1.09. The lowest BCUT2D eigenvalue weighted by Gasteiger charge is -2.43. The van der Waals surface area contributed by atoms with Gasteiger partial charge < -0.3 is 5.32 Å². The SMILES string of the molecule is O=C(Cc1ccc(Cl)nc1)NCC1(N2CCSCC2)CCCC1. The quantitative estimate of drug-likeness (QED) is 0.827. The Morgan fingerprint density at radius 2 is 2.04 bits per heavy atom. The molecule has 1 aliphatic carbocycles. The van der Waals surface area contributed by atoms with Gasteiger partial charge in [0.05, 0.1) is 6.42 Å². The van der Waals surface area contributed by atoms with E-state index in [2.05, 4.69) is 15.2 Å². The maximum Gasteiger partial charge on any atom is 0.224 e. The summed E-state index contributed by atoms with van der Waals surface area (Å²) in [5, 5.41) is 3.64. The molecule has 0 atom stereocenters. The first-order chi connectivity index (χ1) is 11.2. The van der Waals surface area contributed by atoms with E-state index in [9.17, 15) is 4.79 Å². The number of nitrogens with one attached hydrogen (secondary N) is 1. The Balaban J connectivity index is 1.56. The summed E-state index contributed by atoms with van der Waals surface area (Å²) in [5.74, 6) is 2.50. The minimum Gasteiger partial charge on any atom is -0.354 e. The van der Waals surface area contributed by atoms with Crippen molar-refractivity contribution in [2.45, 2.75) is 37.6 Å². The van der Waals surface area contributed by atoms with E-state index in [1.54, 1.807) is 12.3 Å². The predicted molar refractivity (Wildman–Crippen MR) is 96.1 cm³/mol. The van der Waals surface area contributed by atoms with Crippen LogP contribution in [-0.4, -0.2) is 52.5 Å². The summed E-state index contributed by atoms with van der Waals surface area (Å²) in [7, 11) is 0. The van der Waals surface area contributed by atoms with Crippen molar-refractivity contribution >= 4 is 29.3 Å². The molecule has 1 saturated carbocycles. The Kier molecular flexibility index (Phi) is 5.83. The number of rotatable bonds is 5. The average Bonchev–Trinajstić information content (AvgIpc) is 3.06. The first kappa shape index (κ1) is 17.1. The first-order valence-corrected chi connectivity index (χ1v) is 9.91. The lowest BCUT2D eigenvalue weighted by Crippen LogP contribution is -2.56. The van der Waals surface area contributed by atoms with Crippen LogP contribution >= 0.6 is 23.4 Å². The van der Waals surface area contributed by atoms with Crippen molar-refractivity contribution in [3.63, 3.8) is 0 Å². The number of hydrogen-bond donors (Lipinski definition) is 1. The molecule has 23 heavy (non-hydrogen) atoms. The summed E-state index contributed by atoms with van der Waals surface area (Å²) < 4.78 is 0. The van der Waals surface area contributed by atoms with Crippen molar-refractivity contribution in [2.24, 2.45) is 0 Å². The minimum absolute atomic E-state index is 0.0757. The summed E-state index contributed by atoms with van der Waals surface area (Å²) >= 11 is 7.82. The van der Waals surface area contributed by atoms with Crippen molar-refractivity contribution in [1.82, 2.24) is 15.2 Å². The van der Waals surface area contributed by atoms with Gasteiger partial charge in [0, 0.05) is 42.9 Å². The van der Waals surface area contributed by atoms with Crippen LogP contribution in [0.5, 0.6) is 0 Å². The number of carbonyl (C=O) groups is 1. The number of aromatic nitrogens is 1. The van der Waals surface area contributed by atoms with Crippen LogP contribution < -0.4 is 5.32 Å². The molecule has 1 saturated heterocycles. The van der Waals surface area contributed by atoms with Crippen molar-refractivity contribution < 1.29 is 4.79 Å². The second-order valence-electron chi connectivity index (χ2n) is 6.47. The zero-order chi connectivity index (χ0) is 16.1. The summed E-state index contributed by atoms with van der Waals surface area (Å²) in [4.78, 5) is 18.9. The predicted octanol–water partition coefficient (Wildman–Crippen LogP) is 2.76. The van der Waals surface area contributed by atoms with E-state index >= 15 is 0 Å². The smallest absolute Gasteiger partial charge is 0.224 e. The molecule has 0 radical (unpaired) electrons. The van der Waals surface area contributed by atoms with Crippen LogP contribution in [0, 0.1) is 0 Å². The average molecular weight is 354 g/mol. The molecule has 126 valence electrons. The molecule has 1 amide bonds. The van der Waals surface area contributed by atoms with E-state index in [1.165, 1.54) is 37.2 Å². The minimum atomic E-state index is 0.0757. The molecule has 2 aliphatic rings. The molecule has 0 unspecified atom stereocenters. The van der Waals surface area contributed by atoms with Crippen molar-refractivity contribution in [1.29, 1.82) is 0 Å². The van der Waals surface area contributed by atoms with Gasteiger partial charge in [-0.2, -0.15) is 11.8 Å². The van der Waals surface area contributed by atoms with E-state index < -0.39 is 0 Å². The monoisotopic (exact) mass is 353 g/mol. The number of pyridine rings is 1. The van der Waals surface area contributed by atoms with Crippen LogP contribution in [0.2, 0.25) is 5.15 Å². The zero-order valence-corrected chi connectivity index (χ0v) is 15.0. The topological polar surface area (TPSA) is 45.2 Å². The summed E-state index contributed by atoms with van der Waals surface area (Å²) in [6.45, 7) is 3.08. The Labute approximate surface area is 147 Å². The van der Waals surface area contributed by atoms with Crippen molar-refractivity contribution in [3.8, 4) is 0 Å². The maximum absolute atomic E-state index is 12.3. The highest BCUT2D eigenvalue weighted by Crippen LogP contribution is 2.36. The fraction of sp³-hybridized carbons (Fsp3) is 0.647. The van der Waals surface area contributed by atoms with Gasteiger partial charge in [-0.25, -0.2) is 4.98 Å². The Hall–Kier alpha value is -0.780. The lowest BCUT2D eigenvalue weighted by atomic mass is 9.94. The molecular weight excluding hydrogens is 330 g/mol. The molecule has 0 spiro atoms. The highest BCUT2D eigenvalue weighted by atomic mass is 35.5. The molecule has 1 aromatic heterocycles. The number of amides is 1. The van der Waals surface area contributed by atoms with Crippen LogP contribution in [0.4, 0.5) is 0 Å². The van der Waals surface area contributed by atoms with Crippen molar-refractivity contribution in [3.05, 3.63) is 29.0 Å². The van der Waals surface area contributed by atoms with Crippen LogP contribution in [0.3, 0.4) is 0 Å². The number of carbonyl (C=O) groups excluding carboxylic acids is 1. The van der Waals surface area contributed by atoms with Gasteiger partial charge in [0.25, 0.3) is 0 Å². The number of halogens is 1. The van der Waals surface area contributed by atoms with E-state index in [1.807, 2.05) is 17.8 Å². The molecule has 2 heterocycles. The third-order valence-corrected chi connectivity index (χ3v) is 6.15. The van der Waals surface area contributed by atoms with Gasteiger partial charge in [-0.3, -0.25) is 9.69 Å². The fourth-order valence-corrected chi connectivity index (χ4v) is 4.71. The van der Waals surface area contributed by atoms with E-state index in [0.29, 0.717) is 11.6 Å². The maximum atomic E-state index is 12.3. The highest BCUT2D eigenvalue weighted by Gasteiger charge is 2.40. The van der Waals surface area contributed by atoms with Gasteiger partial charge in [0.2, 0.25) is 5.91 Å². The van der Waals surface area contributed by atoms with Gasteiger partial charge in [0.15, 0.2) is 0 Å². The van der Waals surface area contributed by atoms with Gasteiger partial charge in [-0.15, -0.1) is 0 Å². The van der Waals surface area contributed by atoms with Crippen LogP contribution in [0.1, 0.15) is 31.2 Å². The largest absolute Gasteiger partial charge is 0.354 e. The fourth-order valence-electron chi connectivity index (χ4n) is 3.70. The van der Waals surface area contributed by atoms with E-state index in [-0.39, 0.29) is 11.4 Å². The lowest BCUT2D eigenvalue weighted by molar-refractivity contribution is -0.121. The Bertz CT molecular complexity index is 525. The molecule has 1 N–H and O–H groups in total. The van der Waals surface area contributed by atoms with Crippen LogP contribution in [-0.2, 0) is 11.2 Å². The van der Waals surface area contributed by atoms with Gasteiger partial charge >= 0.3 is 0 Å². The van der Waals surface area contributed by atoms with Crippen LogP contribution in [0.15, 0.2) is 18.3 Å². The standard InChI is InChI=1S/C17H24ClN3OS/c18-15-4-3-14(12-19-15)11-16(22)20-13-17(5-1-2-6-17)21-7-9-23-10-8-21/h3-4,12H,1-2,5-11,13H2,(H,20,22). The van der Waals surface area contributed by atoms with E-state index in [4.69, 9.17) is 11.6 Å². The number of nitrogens with zero attached hydrogens (tertiary/aromatic N) is 2. The third-order valence-electron chi connectivity index (χ3n) is 4.98. The Morgan fingerprint density at radius 3 is 2.70 bits per heavy atom. The highest BCUT2D eigenvalue weighted by molar-refractivity contribution is 7.99. The molecular formula is C17H24ClN3OS. The molecule has 3 rings (SSSR count). The molecule has 4 nitrogen and oxygen atoms in total. The molecule has 1 aliphatic heterocycles. The van der Waals surface area contributed by atoms with Crippen LogP contribution in [0.25, 0.3) is 0 Å². The van der Waals surface area contributed by atoms with Gasteiger partial charge in [-0.05, 0) is 24.5 Å². The molecule has 6 heteroatoms. The van der Waals surface area contributed by atoms with Gasteiger partial charge in [-0.1, -0.05) is 30.5 Å². The third kappa shape index (κ3) is 4.40. The molecule has 0 aromatic carbocycles. The summed E-state index contributed by atoms with van der Waals surface area (Å²) in [6, 6.07) is 3.59. The van der Waals surface area contributed by atoms with Crippen molar-refractivity contribution in [2.75, 3.05) is 31.1 Å². The molecule has 0 bridgehead atoms. The molecule has 1 aromatic rings. The number of hydrogen-bond acceptors (Lipinski definition) is 4. The Morgan fingerprint density at radius 1 is 1.30 bits per heavy atom. The molecule has 2 fully saturated rings. The zero-order valence-electron chi connectivity index (χ0n) is 13.4. The normalized spacial score (nSPS) is 21.3. The second-order valence-corrected chi connectivity index (χ2v) is 8.09. The second kappa shape index (κ2) is 7.86. The summed E-state index contributed by atoms with van der Waals surface area (Å²) in [6.07, 6.45) is 7.02. The van der Waals surface area contributed by atoms with Gasteiger partial charge in [0.1, 0.15) is 5.15 Å².